The molecule has 1 N–H and O–H groups in total. The number of furan rings is 1. The van der Waals surface area contributed by atoms with Gasteiger partial charge in [-0.25, -0.2) is 10.1 Å². The van der Waals surface area contributed by atoms with E-state index in [4.69, 9.17) is 4.42 Å². The van der Waals surface area contributed by atoms with Crippen molar-refractivity contribution in [2.45, 2.75) is 6.92 Å². The van der Waals surface area contributed by atoms with Crippen LogP contribution in [0, 0.1) is 6.92 Å². The lowest BCUT2D eigenvalue weighted by atomic mass is 10.2. The van der Waals surface area contributed by atoms with Gasteiger partial charge in [-0.2, -0.15) is 10.2 Å². The van der Waals surface area contributed by atoms with Gasteiger partial charge < -0.3 is 4.42 Å². The van der Waals surface area contributed by atoms with E-state index in [0.717, 1.165) is 11.3 Å². The van der Waals surface area contributed by atoms with E-state index in [1.165, 1.54) is 6.26 Å². The van der Waals surface area contributed by atoms with Crippen LogP contribution in [-0.2, 0) is 0 Å². The average molecular weight is 294 g/mol. The van der Waals surface area contributed by atoms with Crippen LogP contribution in [0.2, 0.25) is 0 Å². The molecule has 0 saturated carbocycles. The summed E-state index contributed by atoms with van der Waals surface area (Å²) in [5, 5.41) is 8.17. The van der Waals surface area contributed by atoms with Crippen LogP contribution in [0.3, 0.4) is 0 Å². The van der Waals surface area contributed by atoms with Crippen LogP contribution < -0.4 is 5.43 Å². The maximum atomic E-state index is 11.8. The van der Waals surface area contributed by atoms with Gasteiger partial charge in [0.05, 0.1) is 29.9 Å². The number of carbonyl (C=O) groups excluding carboxylic acids is 1. The summed E-state index contributed by atoms with van der Waals surface area (Å²) in [7, 11) is 0. The van der Waals surface area contributed by atoms with Crippen LogP contribution in [0.1, 0.15) is 21.7 Å². The van der Waals surface area contributed by atoms with Gasteiger partial charge >= 0.3 is 0 Å². The first-order valence-electron chi connectivity index (χ1n) is 6.71. The van der Waals surface area contributed by atoms with Crippen molar-refractivity contribution in [1.82, 2.24) is 15.2 Å². The number of hydrazone groups is 1. The minimum Gasteiger partial charge on any atom is -0.469 e. The molecule has 110 valence electrons. The van der Waals surface area contributed by atoms with E-state index < -0.39 is 0 Å². The zero-order valence-electron chi connectivity index (χ0n) is 11.9. The molecule has 0 bridgehead atoms. The highest BCUT2D eigenvalue weighted by Crippen LogP contribution is 2.08. The number of rotatable bonds is 4. The Bertz CT molecular complexity index is 802. The number of para-hydroxylation sites is 1. The highest BCUT2D eigenvalue weighted by atomic mass is 16.3. The van der Waals surface area contributed by atoms with Crippen molar-refractivity contribution in [3.05, 3.63) is 71.9 Å². The fourth-order valence-electron chi connectivity index (χ4n) is 1.97. The Kier molecular flexibility index (Phi) is 3.82. The molecule has 0 atom stereocenters. The third-order valence-electron chi connectivity index (χ3n) is 3.11. The second-order valence-corrected chi connectivity index (χ2v) is 4.64. The van der Waals surface area contributed by atoms with Gasteiger partial charge in [-0.1, -0.05) is 18.2 Å². The summed E-state index contributed by atoms with van der Waals surface area (Å²) < 4.78 is 6.82. The SMILES string of the molecule is Cc1occc1C(=O)N/N=C\c1cnn(-c2ccccc2)c1. The number of nitrogens with zero attached hydrogens (tertiary/aromatic N) is 3. The third-order valence-corrected chi connectivity index (χ3v) is 3.11. The van der Waals surface area contributed by atoms with Gasteiger partial charge in [-0.05, 0) is 25.1 Å². The molecule has 0 radical (unpaired) electrons. The quantitative estimate of drug-likeness (QED) is 0.593. The van der Waals surface area contributed by atoms with E-state index in [2.05, 4.69) is 15.6 Å². The minimum atomic E-state index is -0.307. The number of aryl methyl sites for hydroxylation is 1. The average Bonchev–Trinajstić information content (AvgIpc) is 3.17. The molecule has 1 amide bonds. The summed E-state index contributed by atoms with van der Waals surface area (Å²) in [6.45, 7) is 1.72. The predicted octanol–water partition coefficient (Wildman–Crippen LogP) is 2.54. The fourth-order valence-corrected chi connectivity index (χ4v) is 1.97. The summed E-state index contributed by atoms with van der Waals surface area (Å²) in [5.74, 6) is 0.252. The highest BCUT2D eigenvalue weighted by molar-refractivity contribution is 5.95. The highest BCUT2D eigenvalue weighted by Gasteiger charge is 2.09. The molecule has 3 aromatic rings. The Balaban J connectivity index is 1.66. The van der Waals surface area contributed by atoms with Crippen LogP contribution >= 0.6 is 0 Å². The van der Waals surface area contributed by atoms with E-state index >= 15 is 0 Å². The van der Waals surface area contributed by atoms with Gasteiger partial charge in [0, 0.05) is 11.8 Å². The van der Waals surface area contributed by atoms with Crippen molar-refractivity contribution in [1.29, 1.82) is 0 Å². The molecule has 1 aromatic carbocycles. The lowest BCUT2D eigenvalue weighted by molar-refractivity contribution is 0.0953. The van der Waals surface area contributed by atoms with Crippen molar-refractivity contribution in [3.8, 4) is 5.69 Å². The molecular weight excluding hydrogens is 280 g/mol. The molecule has 0 unspecified atom stereocenters. The van der Waals surface area contributed by atoms with Crippen molar-refractivity contribution in [2.24, 2.45) is 5.10 Å². The molecule has 0 saturated heterocycles. The largest absolute Gasteiger partial charge is 0.469 e. The van der Waals surface area contributed by atoms with Gasteiger partial charge in [-0.3, -0.25) is 4.79 Å². The molecule has 3 rings (SSSR count). The first-order chi connectivity index (χ1) is 10.7. The third kappa shape index (κ3) is 2.95. The Morgan fingerprint density at radius 1 is 1.32 bits per heavy atom. The number of hydrogen-bond acceptors (Lipinski definition) is 4. The molecule has 0 fully saturated rings. The molecule has 22 heavy (non-hydrogen) atoms. The lowest BCUT2D eigenvalue weighted by Gasteiger charge is -1.98. The summed E-state index contributed by atoms with van der Waals surface area (Å²) >= 11 is 0. The number of carbonyl (C=O) groups is 1. The molecule has 0 aliphatic heterocycles. The molecule has 6 heteroatoms. The summed E-state index contributed by atoms with van der Waals surface area (Å²) in [5.41, 5.74) is 4.67. The number of nitrogens with one attached hydrogen (secondary N) is 1. The van der Waals surface area contributed by atoms with Crippen LogP contribution in [0.15, 0.2) is 64.6 Å². The molecule has 0 aliphatic rings. The van der Waals surface area contributed by atoms with Crippen LogP contribution in [0.25, 0.3) is 5.69 Å². The molecule has 0 aliphatic carbocycles. The Labute approximate surface area is 127 Å². The maximum absolute atomic E-state index is 11.8. The molecule has 2 aromatic heterocycles. The van der Waals surface area contributed by atoms with Crippen molar-refractivity contribution >= 4 is 12.1 Å². The van der Waals surface area contributed by atoms with E-state index in [1.54, 1.807) is 30.1 Å². The van der Waals surface area contributed by atoms with Crippen LogP contribution in [0.5, 0.6) is 0 Å². The lowest BCUT2D eigenvalue weighted by Crippen LogP contribution is -2.17. The second-order valence-electron chi connectivity index (χ2n) is 4.64. The monoisotopic (exact) mass is 294 g/mol. The van der Waals surface area contributed by atoms with Gasteiger partial charge in [0.2, 0.25) is 0 Å². The number of benzene rings is 1. The molecule has 0 spiro atoms. The van der Waals surface area contributed by atoms with E-state index in [0.29, 0.717) is 11.3 Å². The van der Waals surface area contributed by atoms with Crippen molar-refractivity contribution in [2.75, 3.05) is 0 Å². The van der Waals surface area contributed by atoms with Gasteiger partial charge in [0.1, 0.15) is 5.76 Å². The molecular formula is C16H14N4O2. The Morgan fingerprint density at radius 2 is 2.14 bits per heavy atom. The summed E-state index contributed by atoms with van der Waals surface area (Å²) in [6, 6.07) is 11.3. The fraction of sp³-hybridized carbons (Fsp3) is 0.0625. The van der Waals surface area contributed by atoms with Crippen molar-refractivity contribution in [3.63, 3.8) is 0 Å². The standard InChI is InChI=1S/C16H14N4O2/c1-12-15(7-8-22-12)16(21)19-17-9-13-10-18-20(11-13)14-5-3-2-4-6-14/h2-11H,1H3,(H,19,21)/b17-9-. The predicted molar refractivity (Wildman–Crippen MR) is 82.1 cm³/mol. The van der Waals surface area contributed by atoms with Gasteiger partial charge in [-0.15, -0.1) is 0 Å². The summed E-state index contributed by atoms with van der Waals surface area (Å²) in [4.78, 5) is 11.8. The number of amides is 1. The molecule has 2 heterocycles. The zero-order valence-corrected chi connectivity index (χ0v) is 11.9. The Hall–Kier alpha value is -3.15. The van der Waals surface area contributed by atoms with E-state index in [9.17, 15) is 4.79 Å². The zero-order chi connectivity index (χ0) is 15.4. The van der Waals surface area contributed by atoms with Gasteiger partial charge in [0.25, 0.3) is 5.91 Å². The number of aromatic nitrogens is 2. The maximum Gasteiger partial charge on any atom is 0.274 e. The van der Waals surface area contributed by atoms with Crippen LogP contribution in [0.4, 0.5) is 0 Å². The van der Waals surface area contributed by atoms with E-state index in [1.807, 2.05) is 36.5 Å². The molecule has 6 nitrogen and oxygen atoms in total. The summed E-state index contributed by atoms with van der Waals surface area (Å²) in [6.07, 6.45) is 6.51. The van der Waals surface area contributed by atoms with E-state index in [-0.39, 0.29) is 5.91 Å². The number of hydrogen-bond donors (Lipinski definition) is 1. The second kappa shape index (κ2) is 6.09. The Morgan fingerprint density at radius 3 is 2.86 bits per heavy atom. The first-order valence-corrected chi connectivity index (χ1v) is 6.71. The first kappa shape index (κ1) is 13.8. The minimum absolute atomic E-state index is 0.307. The normalized spacial score (nSPS) is 11.0. The topological polar surface area (TPSA) is 72.4 Å². The smallest absolute Gasteiger partial charge is 0.274 e. The van der Waals surface area contributed by atoms with Crippen molar-refractivity contribution < 1.29 is 9.21 Å². The van der Waals surface area contributed by atoms with Crippen LogP contribution in [-0.4, -0.2) is 21.9 Å². The van der Waals surface area contributed by atoms with Gasteiger partial charge in [0.15, 0.2) is 0 Å².